The Hall–Kier alpha value is -4.25. The van der Waals surface area contributed by atoms with Crippen LogP contribution in [0.5, 0.6) is 17.2 Å². The summed E-state index contributed by atoms with van der Waals surface area (Å²) in [7, 11) is 1.74. The van der Waals surface area contributed by atoms with Gasteiger partial charge in [-0.15, -0.1) is 0 Å². The molecule has 10 nitrogen and oxygen atoms in total. The zero-order valence-corrected chi connectivity index (χ0v) is 24.1. The van der Waals surface area contributed by atoms with Crippen molar-refractivity contribution in [3.8, 4) is 17.2 Å². The Bertz CT molecular complexity index is 1410. The van der Waals surface area contributed by atoms with Gasteiger partial charge in [0.25, 0.3) is 10.0 Å². The minimum atomic E-state index is -4.20. The van der Waals surface area contributed by atoms with Crippen LogP contribution in [-0.2, 0) is 26.2 Å². The summed E-state index contributed by atoms with van der Waals surface area (Å²) < 4.78 is 44.8. The van der Waals surface area contributed by atoms with Gasteiger partial charge in [0, 0.05) is 19.7 Å². The van der Waals surface area contributed by atoms with Crippen LogP contribution in [0.2, 0.25) is 0 Å². The standard InChI is InChI=1S/C29H35N3O7S/c1-6-25(29(34)30-2)31(19-21-11-10-12-23(17-21)37-3)28(33)20-32(40(35,36)24-13-8-7-9-14-24)22-15-16-26(38-4)27(18-22)39-5/h7-18,25H,6,19-20H2,1-5H3,(H,30,34). The maximum Gasteiger partial charge on any atom is 0.264 e. The summed E-state index contributed by atoms with van der Waals surface area (Å²) in [5.74, 6) is 0.372. The fourth-order valence-corrected chi connectivity index (χ4v) is 5.71. The average Bonchev–Trinajstić information content (AvgIpc) is 2.99. The Morgan fingerprint density at radius 3 is 2.17 bits per heavy atom. The first kappa shape index (κ1) is 30.3. The zero-order valence-electron chi connectivity index (χ0n) is 23.3. The molecule has 0 aliphatic heterocycles. The highest BCUT2D eigenvalue weighted by molar-refractivity contribution is 7.92. The molecule has 1 N–H and O–H groups in total. The van der Waals surface area contributed by atoms with Crippen molar-refractivity contribution in [2.75, 3.05) is 39.2 Å². The second-order valence-electron chi connectivity index (χ2n) is 8.78. The maximum atomic E-state index is 14.0. The molecule has 3 rings (SSSR count). The lowest BCUT2D eigenvalue weighted by molar-refractivity contribution is -0.140. The van der Waals surface area contributed by atoms with Crippen molar-refractivity contribution in [3.05, 3.63) is 78.4 Å². The van der Waals surface area contributed by atoms with Gasteiger partial charge < -0.3 is 24.4 Å². The first-order valence-corrected chi connectivity index (χ1v) is 14.1. The van der Waals surface area contributed by atoms with Crippen LogP contribution >= 0.6 is 0 Å². The molecule has 0 saturated heterocycles. The molecule has 11 heteroatoms. The van der Waals surface area contributed by atoms with Gasteiger partial charge in [0.1, 0.15) is 18.3 Å². The molecule has 40 heavy (non-hydrogen) atoms. The highest BCUT2D eigenvalue weighted by Crippen LogP contribution is 2.34. The molecule has 3 aromatic carbocycles. The minimum Gasteiger partial charge on any atom is -0.497 e. The molecule has 0 aromatic heterocycles. The van der Waals surface area contributed by atoms with E-state index < -0.39 is 28.5 Å². The number of likely N-dealkylation sites (N-methyl/N-ethyl adjacent to an activating group) is 1. The summed E-state index contributed by atoms with van der Waals surface area (Å²) in [6.07, 6.45) is 0.317. The molecule has 0 fully saturated rings. The monoisotopic (exact) mass is 569 g/mol. The van der Waals surface area contributed by atoms with Crippen LogP contribution in [-0.4, -0.2) is 66.1 Å². The van der Waals surface area contributed by atoms with Crippen LogP contribution in [0.15, 0.2) is 77.7 Å². The first-order chi connectivity index (χ1) is 19.2. The summed E-state index contributed by atoms with van der Waals surface area (Å²) in [6.45, 7) is 1.29. The van der Waals surface area contributed by atoms with Gasteiger partial charge in [-0.05, 0) is 48.4 Å². The topological polar surface area (TPSA) is 114 Å². The van der Waals surface area contributed by atoms with Gasteiger partial charge in [0.05, 0.1) is 31.9 Å². The highest BCUT2D eigenvalue weighted by Gasteiger charge is 2.33. The van der Waals surface area contributed by atoms with Crippen molar-refractivity contribution < 1.29 is 32.2 Å². The van der Waals surface area contributed by atoms with Crippen molar-refractivity contribution in [2.24, 2.45) is 0 Å². The molecule has 0 aliphatic carbocycles. The molecule has 0 radical (unpaired) electrons. The Balaban J connectivity index is 2.11. The number of hydrogen-bond donors (Lipinski definition) is 1. The molecule has 0 spiro atoms. The zero-order chi connectivity index (χ0) is 29.3. The van der Waals surface area contributed by atoms with Crippen molar-refractivity contribution in [1.29, 1.82) is 0 Å². The van der Waals surface area contributed by atoms with Crippen molar-refractivity contribution in [3.63, 3.8) is 0 Å². The van der Waals surface area contributed by atoms with Gasteiger partial charge in [-0.2, -0.15) is 0 Å². The second-order valence-corrected chi connectivity index (χ2v) is 10.6. The van der Waals surface area contributed by atoms with E-state index in [1.165, 1.54) is 57.5 Å². The van der Waals surface area contributed by atoms with Crippen molar-refractivity contribution in [1.82, 2.24) is 10.2 Å². The molecule has 0 aliphatic rings. The number of benzene rings is 3. The normalized spacial score (nSPS) is 11.7. The Kier molecular flexibility index (Phi) is 10.4. The number of carbonyl (C=O) groups excluding carboxylic acids is 2. The number of rotatable bonds is 13. The average molecular weight is 570 g/mol. The number of sulfonamides is 1. The lowest BCUT2D eigenvalue weighted by atomic mass is 10.1. The molecule has 1 unspecified atom stereocenters. The number of amides is 2. The third-order valence-electron chi connectivity index (χ3n) is 6.38. The van der Waals surface area contributed by atoms with Gasteiger partial charge in [0.15, 0.2) is 11.5 Å². The number of nitrogens with one attached hydrogen (secondary N) is 1. The van der Waals surface area contributed by atoms with E-state index in [1.807, 2.05) is 6.07 Å². The van der Waals surface area contributed by atoms with E-state index in [0.717, 1.165) is 9.87 Å². The van der Waals surface area contributed by atoms with Crippen molar-refractivity contribution >= 4 is 27.5 Å². The molecular formula is C29H35N3O7S. The van der Waals surface area contributed by atoms with E-state index in [4.69, 9.17) is 14.2 Å². The van der Waals surface area contributed by atoms with Crippen LogP contribution in [0.1, 0.15) is 18.9 Å². The van der Waals surface area contributed by atoms with E-state index in [-0.39, 0.29) is 23.0 Å². The molecule has 0 bridgehead atoms. The van der Waals surface area contributed by atoms with E-state index in [2.05, 4.69) is 5.32 Å². The van der Waals surface area contributed by atoms with Gasteiger partial charge in [0.2, 0.25) is 11.8 Å². The predicted molar refractivity (Wildman–Crippen MR) is 152 cm³/mol. The number of carbonyl (C=O) groups is 2. The Labute approximate surface area is 235 Å². The molecule has 3 aromatic rings. The highest BCUT2D eigenvalue weighted by atomic mass is 32.2. The quantitative estimate of drug-likeness (QED) is 0.335. The lowest BCUT2D eigenvalue weighted by Gasteiger charge is -2.33. The van der Waals surface area contributed by atoms with E-state index in [9.17, 15) is 18.0 Å². The van der Waals surface area contributed by atoms with Crippen LogP contribution in [0, 0.1) is 0 Å². The number of ether oxygens (including phenoxy) is 3. The molecule has 1 atom stereocenters. The van der Waals surface area contributed by atoms with Gasteiger partial charge >= 0.3 is 0 Å². The molecule has 0 saturated carbocycles. The lowest BCUT2D eigenvalue weighted by Crippen LogP contribution is -2.51. The van der Waals surface area contributed by atoms with Gasteiger partial charge in [-0.3, -0.25) is 13.9 Å². The summed E-state index contributed by atoms with van der Waals surface area (Å²) in [5.41, 5.74) is 0.919. The SMILES string of the molecule is CCC(C(=O)NC)N(Cc1cccc(OC)c1)C(=O)CN(c1ccc(OC)c(OC)c1)S(=O)(=O)c1ccccc1. The van der Waals surface area contributed by atoms with Crippen molar-refractivity contribution in [2.45, 2.75) is 30.8 Å². The smallest absolute Gasteiger partial charge is 0.264 e. The predicted octanol–water partition coefficient (Wildman–Crippen LogP) is 3.46. The first-order valence-electron chi connectivity index (χ1n) is 12.6. The molecule has 0 heterocycles. The van der Waals surface area contributed by atoms with E-state index in [0.29, 0.717) is 23.7 Å². The number of anilines is 1. The summed E-state index contributed by atoms with van der Waals surface area (Å²) in [6, 6.07) is 18.7. The van der Waals surface area contributed by atoms with E-state index >= 15 is 0 Å². The molecular weight excluding hydrogens is 534 g/mol. The summed E-state index contributed by atoms with van der Waals surface area (Å²) >= 11 is 0. The Morgan fingerprint density at radius 1 is 0.875 bits per heavy atom. The number of nitrogens with zero attached hydrogens (tertiary/aromatic N) is 2. The third kappa shape index (κ3) is 6.84. The van der Waals surface area contributed by atoms with Crippen LogP contribution in [0.3, 0.4) is 0 Å². The maximum absolute atomic E-state index is 14.0. The fourth-order valence-electron chi connectivity index (χ4n) is 4.28. The largest absolute Gasteiger partial charge is 0.497 e. The van der Waals surface area contributed by atoms with Crippen LogP contribution in [0.4, 0.5) is 5.69 Å². The van der Waals surface area contributed by atoms with Crippen LogP contribution < -0.4 is 23.8 Å². The third-order valence-corrected chi connectivity index (χ3v) is 8.17. The second kappa shape index (κ2) is 13.7. The minimum absolute atomic E-state index is 0.00951. The summed E-state index contributed by atoms with van der Waals surface area (Å²) in [5, 5.41) is 2.61. The van der Waals surface area contributed by atoms with Gasteiger partial charge in [-0.1, -0.05) is 37.3 Å². The van der Waals surface area contributed by atoms with Crippen LogP contribution in [0.25, 0.3) is 0 Å². The Morgan fingerprint density at radius 2 is 1.57 bits per heavy atom. The number of hydrogen-bond acceptors (Lipinski definition) is 7. The van der Waals surface area contributed by atoms with E-state index in [1.54, 1.807) is 49.4 Å². The number of methoxy groups -OCH3 is 3. The summed E-state index contributed by atoms with van der Waals surface area (Å²) in [4.78, 5) is 28.3. The molecule has 2 amide bonds. The van der Waals surface area contributed by atoms with Gasteiger partial charge in [-0.25, -0.2) is 8.42 Å². The molecule has 214 valence electrons. The fraction of sp³-hybridized carbons (Fsp3) is 0.310.